The average Bonchev–Trinajstić information content (AvgIpc) is 2.35. The average molecular weight is 183 g/mol. The summed E-state index contributed by atoms with van der Waals surface area (Å²) >= 11 is 1.72. The minimum atomic E-state index is 0.708. The normalized spacial score (nSPS) is 11.8. The molecule has 0 unspecified atom stereocenters. The molecule has 12 heavy (non-hydrogen) atoms. The number of methoxy groups -OCH3 is 1. The SMILES string of the molecule is CO/C(C)=N\c1c(C)csc1C. The molecule has 0 aromatic carbocycles. The first-order valence-electron chi connectivity index (χ1n) is 3.79. The molecule has 0 radical (unpaired) electrons. The fourth-order valence-corrected chi connectivity index (χ4v) is 1.72. The summed E-state index contributed by atoms with van der Waals surface area (Å²) in [6.07, 6.45) is 0. The molecule has 0 aliphatic rings. The van der Waals surface area contributed by atoms with Crippen LogP contribution in [0.4, 0.5) is 5.69 Å². The zero-order chi connectivity index (χ0) is 9.14. The van der Waals surface area contributed by atoms with Crippen molar-refractivity contribution in [2.75, 3.05) is 7.11 Å². The smallest absolute Gasteiger partial charge is 0.184 e. The molecule has 3 heteroatoms. The lowest BCUT2D eigenvalue weighted by Crippen LogP contribution is -1.92. The predicted molar refractivity (Wildman–Crippen MR) is 53.6 cm³/mol. The second-order valence-electron chi connectivity index (χ2n) is 2.66. The van der Waals surface area contributed by atoms with E-state index in [4.69, 9.17) is 4.74 Å². The van der Waals surface area contributed by atoms with Crippen LogP contribution < -0.4 is 0 Å². The Bertz CT molecular complexity index is 282. The maximum atomic E-state index is 4.99. The molecule has 0 N–H and O–H groups in total. The third kappa shape index (κ3) is 1.85. The van der Waals surface area contributed by atoms with Crippen LogP contribution in [0.25, 0.3) is 0 Å². The fraction of sp³-hybridized carbons (Fsp3) is 0.444. The van der Waals surface area contributed by atoms with Gasteiger partial charge < -0.3 is 4.74 Å². The van der Waals surface area contributed by atoms with E-state index in [1.54, 1.807) is 18.4 Å². The Morgan fingerprint density at radius 1 is 1.50 bits per heavy atom. The van der Waals surface area contributed by atoms with Crippen LogP contribution in [0.2, 0.25) is 0 Å². The number of rotatable bonds is 1. The topological polar surface area (TPSA) is 21.6 Å². The lowest BCUT2D eigenvalue weighted by molar-refractivity contribution is 0.400. The van der Waals surface area contributed by atoms with Crippen molar-refractivity contribution in [3.05, 3.63) is 15.8 Å². The van der Waals surface area contributed by atoms with Crippen LogP contribution >= 0.6 is 11.3 Å². The van der Waals surface area contributed by atoms with Crippen LogP contribution in [0.1, 0.15) is 17.4 Å². The van der Waals surface area contributed by atoms with Gasteiger partial charge in [-0.1, -0.05) is 0 Å². The molecule has 1 rings (SSSR count). The van der Waals surface area contributed by atoms with Crippen LogP contribution in [-0.4, -0.2) is 13.0 Å². The van der Waals surface area contributed by atoms with Crippen LogP contribution in [0.5, 0.6) is 0 Å². The number of ether oxygens (including phenoxy) is 1. The molecule has 1 heterocycles. The number of hydrogen-bond acceptors (Lipinski definition) is 3. The summed E-state index contributed by atoms with van der Waals surface area (Å²) in [6.45, 7) is 5.99. The second kappa shape index (κ2) is 3.72. The molecule has 66 valence electrons. The largest absolute Gasteiger partial charge is 0.484 e. The quantitative estimate of drug-likeness (QED) is 0.484. The van der Waals surface area contributed by atoms with E-state index in [1.807, 2.05) is 6.92 Å². The maximum absolute atomic E-state index is 4.99. The Hall–Kier alpha value is -0.830. The van der Waals surface area contributed by atoms with Gasteiger partial charge in [-0.3, -0.25) is 0 Å². The number of nitrogens with zero attached hydrogens (tertiary/aromatic N) is 1. The third-order valence-electron chi connectivity index (χ3n) is 1.68. The van der Waals surface area contributed by atoms with Gasteiger partial charge in [0.25, 0.3) is 0 Å². The lowest BCUT2D eigenvalue weighted by Gasteiger charge is -1.98. The Morgan fingerprint density at radius 3 is 2.58 bits per heavy atom. The van der Waals surface area contributed by atoms with Gasteiger partial charge in [0.2, 0.25) is 0 Å². The molecule has 1 aromatic rings. The van der Waals surface area contributed by atoms with Gasteiger partial charge in [0.05, 0.1) is 12.8 Å². The Balaban J connectivity index is 3.02. The molecule has 1 aromatic heterocycles. The highest BCUT2D eigenvalue weighted by molar-refractivity contribution is 7.10. The molecule has 0 bridgehead atoms. The predicted octanol–water partition coefficient (Wildman–Crippen LogP) is 3.06. The zero-order valence-corrected chi connectivity index (χ0v) is 8.66. The second-order valence-corrected chi connectivity index (χ2v) is 3.74. The summed E-state index contributed by atoms with van der Waals surface area (Å²) in [5, 5.41) is 2.11. The molecule has 0 spiro atoms. The van der Waals surface area contributed by atoms with Gasteiger partial charge in [0.1, 0.15) is 0 Å². The minimum Gasteiger partial charge on any atom is -0.484 e. The van der Waals surface area contributed by atoms with Gasteiger partial charge in [-0.05, 0) is 24.8 Å². The van der Waals surface area contributed by atoms with E-state index in [9.17, 15) is 0 Å². The Morgan fingerprint density at radius 2 is 2.17 bits per heavy atom. The monoisotopic (exact) mass is 183 g/mol. The van der Waals surface area contributed by atoms with Gasteiger partial charge in [-0.2, -0.15) is 0 Å². The van der Waals surface area contributed by atoms with E-state index < -0.39 is 0 Å². The van der Waals surface area contributed by atoms with Crippen molar-refractivity contribution in [2.45, 2.75) is 20.8 Å². The number of aliphatic imine (C=N–C) groups is 1. The molecule has 0 saturated heterocycles. The first-order valence-corrected chi connectivity index (χ1v) is 4.67. The molecular weight excluding hydrogens is 170 g/mol. The van der Waals surface area contributed by atoms with Crippen LogP contribution in [-0.2, 0) is 4.74 Å². The number of aryl methyl sites for hydroxylation is 2. The van der Waals surface area contributed by atoms with Gasteiger partial charge in [-0.15, -0.1) is 11.3 Å². The lowest BCUT2D eigenvalue weighted by atomic mass is 10.3. The molecule has 2 nitrogen and oxygen atoms in total. The third-order valence-corrected chi connectivity index (χ3v) is 2.70. The van der Waals surface area contributed by atoms with E-state index >= 15 is 0 Å². The van der Waals surface area contributed by atoms with Crippen molar-refractivity contribution in [2.24, 2.45) is 4.99 Å². The summed E-state index contributed by atoms with van der Waals surface area (Å²) in [5.74, 6) is 0.708. The molecule has 0 fully saturated rings. The highest BCUT2D eigenvalue weighted by Crippen LogP contribution is 2.29. The first kappa shape index (κ1) is 9.26. The van der Waals surface area contributed by atoms with Gasteiger partial charge >= 0.3 is 0 Å². The van der Waals surface area contributed by atoms with Crippen LogP contribution in [0.3, 0.4) is 0 Å². The highest BCUT2D eigenvalue weighted by Gasteiger charge is 2.03. The van der Waals surface area contributed by atoms with Crippen molar-refractivity contribution in [1.29, 1.82) is 0 Å². The summed E-state index contributed by atoms with van der Waals surface area (Å²) in [6, 6.07) is 0. The highest BCUT2D eigenvalue weighted by atomic mass is 32.1. The van der Waals surface area contributed by atoms with Crippen molar-refractivity contribution in [3.63, 3.8) is 0 Å². The van der Waals surface area contributed by atoms with E-state index in [1.165, 1.54) is 10.4 Å². The molecule has 0 saturated carbocycles. The standard InChI is InChI=1S/C9H13NOS/c1-6-5-12-7(2)9(6)10-8(3)11-4/h5H,1-4H3/b10-8-. The molecule has 0 aliphatic heterocycles. The molecule has 0 amide bonds. The van der Waals surface area contributed by atoms with Crippen molar-refractivity contribution in [1.82, 2.24) is 0 Å². The summed E-state index contributed by atoms with van der Waals surface area (Å²) in [7, 11) is 1.63. The van der Waals surface area contributed by atoms with Gasteiger partial charge in [-0.25, -0.2) is 4.99 Å². The Kier molecular flexibility index (Phi) is 2.87. The zero-order valence-electron chi connectivity index (χ0n) is 7.84. The van der Waals surface area contributed by atoms with Crippen molar-refractivity contribution in [3.8, 4) is 0 Å². The van der Waals surface area contributed by atoms with Crippen molar-refractivity contribution >= 4 is 22.9 Å². The van der Waals surface area contributed by atoms with Crippen molar-refractivity contribution < 1.29 is 4.74 Å². The van der Waals surface area contributed by atoms with E-state index in [0.717, 1.165) is 5.69 Å². The maximum Gasteiger partial charge on any atom is 0.184 e. The molecule has 0 atom stereocenters. The first-order chi connectivity index (χ1) is 5.65. The molecule has 0 aliphatic carbocycles. The summed E-state index contributed by atoms with van der Waals surface area (Å²) < 4.78 is 4.99. The summed E-state index contributed by atoms with van der Waals surface area (Å²) in [4.78, 5) is 5.58. The van der Waals surface area contributed by atoms with Crippen LogP contribution in [0, 0.1) is 13.8 Å². The number of thiophene rings is 1. The van der Waals surface area contributed by atoms with E-state index in [0.29, 0.717) is 5.90 Å². The van der Waals surface area contributed by atoms with E-state index in [-0.39, 0.29) is 0 Å². The summed E-state index contributed by atoms with van der Waals surface area (Å²) in [5.41, 5.74) is 2.27. The minimum absolute atomic E-state index is 0.708. The number of hydrogen-bond donors (Lipinski definition) is 0. The van der Waals surface area contributed by atoms with Gasteiger partial charge in [0, 0.05) is 11.8 Å². The van der Waals surface area contributed by atoms with E-state index in [2.05, 4.69) is 24.2 Å². The fourth-order valence-electron chi connectivity index (χ4n) is 0.936. The molecular formula is C9H13NOS. The Labute approximate surface area is 76.9 Å². The van der Waals surface area contributed by atoms with Gasteiger partial charge in [0.15, 0.2) is 5.90 Å². The van der Waals surface area contributed by atoms with Crippen LogP contribution in [0.15, 0.2) is 10.4 Å².